The maximum atomic E-state index is 11.8. The third-order valence-electron chi connectivity index (χ3n) is 2.65. The lowest BCUT2D eigenvalue weighted by Gasteiger charge is -2.06. The van der Waals surface area contributed by atoms with Crippen molar-refractivity contribution in [2.75, 3.05) is 5.32 Å². The summed E-state index contributed by atoms with van der Waals surface area (Å²) >= 11 is 0. The van der Waals surface area contributed by atoms with Crippen molar-refractivity contribution in [2.45, 2.75) is 20.4 Å². The van der Waals surface area contributed by atoms with E-state index in [9.17, 15) is 9.59 Å². The molecule has 0 spiro atoms. The summed E-state index contributed by atoms with van der Waals surface area (Å²) in [4.78, 5) is 22.9. The monoisotopic (exact) mass is 257 g/mol. The maximum Gasteiger partial charge on any atom is 0.246 e. The van der Waals surface area contributed by atoms with Gasteiger partial charge in [-0.2, -0.15) is 5.10 Å². The number of carbonyl (C=O) groups is 2. The first-order valence-electron chi connectivity index (χ1n) is 5.95. The Kier molecular flexibility index (Phi) is 3.75. The Morgan fingerprint density at radius 1 is 1.21 bits per heavy atom. The van der Waals surface area contributed by atoms with Crippen molar-refractivity contribution in [1.29, 1.82) is 0 Å². The van der Waals surface area contributed by atoms with Gasteiger partial charge in [0.2, 0.25) is 5.91 Å². The van der Waals surface area contributed by atoms with Crippen LogP contribution in [0.1, 0.15) is 23.0 Å². The normalized spacial score (nSPS) is 10.2. The fourth-order valence-corrected chi connectivity index (χ4v) is 1.69. The van der Waals surface area contributed by atoms with Crippen molar-refractivity contribution in [3.05, 3.63) is 47.8 Å². The molecule has 0 bridgehead atoms. The van der Waals surface area contributed by atoms with E-state index < -0.39 is 0 Å². The summed E-state index contributed by atoms with van der Waals surface area (Å²) in [5, 5.41) is 6.90. The van der Waals surface area contributed by atoms with Crippen molar-refractivity contribution in [2.24, 2.45) is 0 Å². The highest BCUT2D eigenvalue weighted by molar-refractivity contribution is 5.95. The minimum Gasteiger partial charge on any atom is -0.324 e. The van der Waals surface area contributed by atoms with Crippen LogP contribution < -0.4 is 5.32 Å². The second-order valence-electron chi connectivity index (χ2n) is 4.34. The zero-order valence-electron chi connectivity index (χ0n) is 10.9. The maximum absolute atomic E-state index is 11.8. The molecule has 98 valence electrons. The summed E-state index contributed by atoms with van der Waals surface area (Å²) in [5.41, 5.74) is 2.16. The first-order chi connectivity index (χ1) is 9.04. The minimum absolute atomic E-state index is 0.00453. The molecular formula is C14H15N3O2. The molecule has 0 unspecified atom stereocenters. The Morgan fingerprint density at radius 2 is 1.89 bits per heavy atom. The first-order valence-corrected chi connectivity index (χ1v) is 5.95. The van der Waals surface area contributed by atoms with Crippen LogP contribution in [-0.4, -0.2) is 21.5 Å². The van der Waals surface area contributed by atoms with Crippen molar-refractivity contribution in [1.82, 2.24) is 9.78 Å². The van der Waals surface area contributed by atoms with Crippen LogP contribution in [0, 0.1) is 6.92 Å². The van der Waals surface area contributed by atoms with Gasteiger partial charge in [0.1, 0.15) is 6.54 Å². The molecule has 1 heterocycles. The summed E-state index contributed by atoms with van der Waals surface area (Å²) in [5.74, 6) is -0.149. The van der Waals surface area contributed by atoms with Gasteiger partial charge in [0.15, 0.2) is 5.78 Å². The molecule has 2 aromatic rings. The summed E-state index contributed by atoms with van der Waals surface area (Å²) in [6.07, 6.45) is 1.76. The Labute approximate surface area is 111 Å². The Balaban J connectivity index is 1.97. The largest absolute Gasteiger partial charge is 0.324 e. The van der Waals surface area contributed by atoms with Gasteiger partial charge in [-0.3, -0.25) is 14.3 Å². The molecule has 1 aromatic carbocycles. The van der Waals surface area contributed by atoms with E-state index in [0.717, 1.165) is 5.69 Å². The Bertz CT molecular complexity index is 599. The van der Waals surface area contributed by atoms with Crippen molar-refractivity contribution < 1.29 is 9.59 Å². The molecule has 0 aliphatic carbocycles. The molecule has 19 heavy (non-hydrogen) atoms. The molecular weight excluding hydrogens is 242 g/mol. The van der Waals surface area contributed by atoms with Gasteiger partial charge in [0.05, 0.1) is 5.69 Å². The number of aryl methyl sites for hydroxylation is 1. The standard InChI is InChI=1S/C14H15N3O2/c1-10-7-8-17(16-10)9-14(19)15-13-5-3-12(4-6-13)11(2)18/h3-8H,9H2,1-2H3,(H,15,19). The number of amides is 1. The Hall–Kier alpha value is -2.43. The van der Waals surface area contributed by atoms with Gasteiger partial charge in [0, 0.05) is 17.4 Å². The van der Waals surface area contributed by atoms with Gasteiger partial charge in [-0.05, 0) is 44.2 Å². The van der Waals surface area contributed by atoms with Crippen molar-refractivity contribution in [3.63, 3.8) is 0 Å². The number of hydrogen-bond donors (Lipinski definition) is 1. The smallest absolute Gasteiger partial charge is 0.246 e. The SMILES string of the molecule is CC(=O)c1ccc(NC(=O)Cn2ccc(C)n2)cc1. The molecule has 1 amide bonds. The molecule has 5 nitrogen and oxygen atoms in total. The highest BCUT2D eigenvalue weighted by Gasteiger charge is 2.05. The number of aromatic nitrogens is 2. The number of anilines is 1. The number of rotatable bonds is 4. The molecule has 0 fully saturated rings. The van der Waals surface area contributed by atoms with Gasteiger partial charge in [-0.25, -0.2) is 0 Å². The van der Waals surface area contributed by atoms with Crippen LogP contribution in [0.15, 0.2) is 36.5 Å². The molecule has 0 saturated carbocycles. The van der Waals surface area contributed by atoms with Crippen molar-refractivity contribution >= 4 is 17.4 Å². The molecule has 0 aliphatic rings. The van der Waals surface area contributed by atoms with E-state index in [-0.39, 0.29) is 18.2 Å². The molecule has 0 aliphatic heterocycles. The lowest BCUT2D eigenvalue weighted by molar-refractivity contribution is -0.116. The highest BCUT2D eigenvalue weighted by Crippen LogP contribution is 2.10. The molecule has 0 saturated heterocycles. The fourth-order valence-electron chi connectivity index (χ4n) is 1.69. The minimum atomic E-state index is -0.154. The highest BCUT2D eigenvalue weighted by atomic mass is 16.2. The number of nitrogens with one attached hydrogen (secondary N) is 1. The summed E-state index contributed by atoms with van der Waals surface area (Å²) in [6, 6.07) is 8.65. The van der Waals surface area contributed by atoms with Crippen LogP contribution in [0.5, 0.6) is 0 Å². The van der Waals surface area contributed by atoms with Crippen LogP contribution in [0.2, 0.25) is 0 Å². The number of benzene rings is 1. The summed E-state index contributed by atoms with van der Waals surface area (Å²) in [6.45, 7) is 3.55. The van der Waals surface area contributed by atoms with Gasteiger partial charge in [-0.1, -0.05) is 0 Å². The third-order valence-corrected chi connectivity index (χ3v) is 2.65. The third kappa shape index (κ3) is 3.51. The van der Waals surface area contributed by atoms with E-state index in [4.69, 9.17) is 0 Å². The van der Waals surface area contributed by atoms with Gasteiger partial charge in [0.25, 0.3) is 0 Å². The molecule has 5 heteroatoms. The zero-order valence-corrected chi connectivity index (χ0v) is 10.9. The lowest BCUT2D eigenvalue weighted by Crippen LogP contribution is -2.19. The van der Waals surface area contributed by atoms with Gasteiger partial charge in [-0.15, -0.1) is 0 Å². The quantitative estimate of drug-likeness (QED) is 0.852. The van der Waals surface area contributed by atoms with E-state index in [2.05, 4.69) is 10.4 Å². The van der Waals surface area contributed by atoms with Gasteiger partial charge < -0.3 is 5.32 Å². The van der Waals surface area contributed by atoms with E-state index in [1.165, 1.54) is 6.92 Å². The first kappa shape index (κ1) is 13.0. The molecule has 1 N–H and O–H groups in total. The van der Waals surface area contributed by atoms with Crippen LogP contribution in [-0.2, 0) is 11.3 Å². The Morgan fingerprint density at radius 3 is 2.42 bits per heavy atom. The average Bonchev–Trinajstić information content (AvgIpc) is 2.75. The molecule has 2 rings (SSSR count). The second kappa shape index (κ2) is 5.48. The zero-order chi connectivity index (χ0) is 13.8. The van der Waals surface area contributed by atoms with Crippen LogP contribution in [0.4, 0.5) is 5.69 Å². The van der Waals surface area contributed by atoms with E-state index in [0.29, 0.717) is 11.3 Å². The van der Waals surface area contributed by atoms with E-state index in [1.54, 1.807) is 35.1 Å². The number of ketones is 1. The number of hydrogen-bond acceptors (Lipinski definition) is 3. The molecule has 0 atom stereocenters. The van der Waals surface area contributed by atoms with Crippen LogP contribution in [0.3, 0.4) is 0 Å². The van der Waals surface area contributed by atoms with E-state index in [1.807, 2.05) is 13.0 Å². The number of nitrogens with zero attached hydrogens (tertiary/aromatic N) is 2. The topological polar surface area (TPSA) is 64.0 Å². The average molecular weight is 257 g/mol. The summed E-state index contributed by atoms with van der Waals surface area (Å²) < 4.78 is 1.58. The van der Waals surface area contributed by atoms with Crippen LogP contribution >= 0.6 is 0 Å². The van der Waals surface area contributed by atoms with Crippen molar-refractivity contribution in [3.8, 4) is 0 Å². The van der Waals surface area contributed by atoms with Gasteiger partial charge >= 0.3 is 0 Å². The lowest BCUT2D eigenvalue weighted by atomic mass is 10.1. The number of carbonyl (C=O) groups excluding carboxylic acids is 2. The predicted molar refractivity (Wildman–Crippen MR) is 72.0 cm³/mol. The fraction of sp³-hybridized carbons (Fsp3) is 0.214. The second-order valence-corrected chi connectivity index (χ2v) is 4.34. The van der Waals surface area contributed by atoms with Crippen LogP contribution in [0.25, 0.3) is 0 Å². The number of Topliss-reactive ketones (excluding diaryl/α,β-unsaturated/α-hetero) is 1. The molecule has 1 aromatic heterocycles. The summed E-state index contributed by atoms with van der Waals surface area (Å²) in [7, 11) is 0. The van der Waals surface area contributed by atoms with E-state index >= 15 is 0 Å². The predicted octanol–water partition coefficient (Wildman–Crippen LogP) is 2.03. The molecule has 0 radical (unpaired) electrons.